The summed E-state index contributed by atoms with van der Waals surface area (Å²) in [6, 6.07) is 0. The number of rotatable bonds is 21. The van der Waals surface area contributed by atoms with E-state index in [1.54, 1.807) is 0 Å². The lowest BCUT2D eigenvalue weighted by atomic mass is 9.64. The molecular weight excluding hydrogens is 1280 g/mol. The maximum Gasteiger partial charge on any atom is 0.312 e. The molecule has 0 aromatic carbocycles. The monoisotopic (exact) mass is 1420 g/mol. The van der Waals surface area contributed by atoms with Crippen LogP contribution in [0.5, 0.6) is 0 Å². The summed E-state index contributed by atoms with van der Waals surface area (Å²) in [5.41, 5.74) is -4.76. The van der Waals surface area contributed by atoms with Gasteiger partial charge in [-0.05, 0) is 356 Å². The molecule has 11 aliphatic rings. The second kappa shape index (κ2) is 31.7. The van der Waals surface area contributed by atoms with Gasteiger partial charge in [-0.1, -0.05) is 34.6 Å². The molecule has 11 fully saturated rings. The summed E-state index contributed by atoms with van der Waals surface area (Å²) in [4.78, 5) is 101. The van der Waals surface area contributed by atoms with Crippen molar-refractivity contribution >= 4 is 47.8 Å². The number of hydrogen-bond acceptors (Lipinski definition) is 16. The number of carbonyl (C=O) groups excluding carboxylic acids is 8. The molecule has 16 nitrogen and oxygen atoms in total. The van der Waals surface area contributed by atoms with Crippen LogP contribution < -0.4 is 0 Å². The van der Waals surface area contributed by atoms with E-state index in [4.69, 9.17) is 37.9 Å². The van der Waals surface area contributed by atoms with Crippen molar-refractivity contribution in [2.75, 3.05) is 0 Å². The molecular formula is C85H140O16. The third-order valence-corrected chi connectivity index (χ3v) is 27.6. The van der Waals surface area contributed by atoms with Crippen molar-refractivity contribution in [2.24, 2.45) is 105 Å². The molecule has 8 bridgehead atoms. The van der Waals surface area contributed by atoms with E-state index in [1.807, 2.05) is 152 Å². The Morgan fingerprint density at radius 3 is 1.44 bits per heavy atom. The van der Waals surface area contributed by atoms with Crippen LogP contribution in [-0.2, 0) is 76.3 Å². The van der Waals surface area contributed by atoms with Crippen LogP contribution in [0.4, 0.5) is 0 Å². The summed E-state index contributed by atoms with van der Waals surface area (Å²) in [7, 11) is 0. The van der Waals surface area contributed by atoms with Crippen LogP contribution in [0.2, 0.25) is 0 Å². The van der Waals surface area contributed by atoms with Crippen LogP contribution in [0, 0.1) is 105 Å². The van der Waals surface area contributed by atoms with Gasteiger partial charge in [0.2, 0.25) is 0 Å². The van der Waals surface area contributed by atoms with Crippen LogP contribution in [0.3, 0.4) is 0 Å². The molecule has 0 spiro atoms. The fourth-order valence-electron chi connectivity index (χ4n) is 19.7. The smallest absolute Gasteiger partial charge is 0.312 e. The number of hydrogen-bond donors (Lipinski definition) is 0. The maximum absolute atomic E-state index is 13.1. The van der Waals surface area contributed by atoms with Gasteiger partial charge in [-0.3, -0.25) is 38.4 Å². The Morgan fingerprint density at radius 2 is 0.911 bits per heavy atom. The zero-order valence-electron chi connectivity index (χ0n) is 67.3. The van der Waals surface area contributed by atoms with Gasteiger partial charge < -0.3 is 37.9 Å². The summed E-state index contributed by atoms with van der Waals surface area (Å²) in [6.45, 7) is 43.0. The fraction of sp³-hybridized carbons (Fsp3) is 0.906. The molecule has 11 rings (SSSR count). The van der Waals surface area contributed by atoms with E-state index in [0.29, 0.717) is 53.3 Å². The largest absolute Gasteiger partial charge is 0.462 e. The zero-order chi connectivity index (χ0) is 75.0. The van der Waals surface area contributed by atoms with Gasteiger partial charge in [0, 0.05) is 5.92 Å². The highest BCUT2D eigenvalue weighted by atomic mass is 16.6. The highest BCUT2D eigenvalue weighted by Crippen LogP contribution is 2.71. The quantitative estimate of drug-likeness (QED) is 0.0594. The van der Waals surface area contributed by atoms with Gasteiger partial charge in [0.05, 0.1) is 46.3 Å². The van der Waals surface area contributed by atoms with E-state index in [-0.39, 0.29) is 95.8 Å². The molecule has 0 amide bonds. The predicted molar refractivity (Wildman–Crippen MR) is 390 cm³/mol. The van der Waals surface area contributed by atoms with Crippen molar-refractivity contribution in [1.82, 2.24) is 0 Å². The first-order valence-electron chi connectivity index (χ1n) is 40.5. The second-order valence-electron chi connectivity index (χ2n) is 39.5. The minimum absolute atomic E-state index is 0.0120. The molecule has 101 heavy (non-hydrogen) atoms. The first-order chi connectivity index (χ1) is 46.7. The molecule has 18 unspecified atom stereocenters. The summed E-state index contributed by atoms with van der Waals surface area (Å²) < 4.78 is 46.8. The highest BCUT2D eigenvalue weighted by molar-refractivity contribution is 5.80. The normalized spacial score (nSPS) is 34.1. The van der Waals surface area contributed by atoms with Gasteiger partial charge in [-0.15, -0.1) is 0 Å². The second-order valence-corrected chi connectivity index (χ2v) is 39.5. The first kappa shape index (κ1) is 82.4. The van der Waals surface area contributed by atoms with Crippen molar-refractivity contribution < 1.29 is 76.3 Å². The average molecular weight is 1420 g/mol. The molecule has 11 aliphatic carbocycles. The number of carbonyl (C=O) groups is 8. The molecule has 0 radical (unpaired) electrons. The molecule has 18 atom stereocenters. The first-order valence-corrected chi connectivity index (χ1v) is 40.5. The number of ether oxygens (including phenoxy) is 8. The zero-order valence-corrected chi connectivity index (χ0v) is 67.3. The fourth-order valence-corrected chi connectivity index (χ4v) is 19.7. The molecule has 16 heteroatoms. The van der Waals surface area contributed by atoms with E-state index in [0.717, 1.165) is 165 Å². The molecule has 0 aliphatic heterocycles. The van der Waals surface area contributed by atoms with Gasteiger partial charge >= 0.3 is 47.8 Å². The van der Waals surface area contributed by atoms with Crippen molar-refractivity contribution in [1.29, 1.82) is 0 Å². The number of fused-ring (bicyclic) bond motifs is 14. The summed E-state index contributed by atoms with van der Waals surface area (Å²) >= 11 is 0. The lowest BCUT2D eigenvalue weighted by molar-refractivity contribution is -0.191. The van der Waals surface area contributed by atoms with Crippen LogP contribution in [0.25, 0.3) is 0 Å². The van der Waals surface area contributed by atoms with Crippen molar-refractivity contribution in [3.8, 4) is 0 Å². The minimum Gasteiger partial charge on any atom is -0.462 e. The molecule has 576 valence electrons. The Balaban J connectivity index is 0.000000172. The van der Waals surface area contributed by atoms with E-state index < -0.39 is 44.1 Å². The molecule has 11 saturated carbocycles. The summed E-state index contributed by atoms with van der Waals surface area (Å²) in [5.74, 6) is 5.79. The van der Waals surface area contributed by atoms with E-state index >= 15 is 0 Å². The lowest BCUT2D eigenvalue weighted by Gasteiger charge is -2.46. The van der Waals surface area contributed by atoms with E-state index in [2.05, 4.69) is 0 Å². The van der Waals surface area contributed by atoms with E-state index in [9.17, 15) is 38.4 Å². The standard InChI is InChI=1S/C24H38O4.C22H38O4.C21H34O4.C18H30O4/c1-7-23(5,6)21(26)28-24(13-18(25)27-22(2,3)4)12-16-11-17(24)20-15-9-8-14(10-15)19(16)20;1-7-21(3,4)20(24)25-18-12-11-15-13-17(10-9-16(15)14-18)19(23)26-22(5,6)8-2;1-5-19(2,3)18(23)25-21(13-15-8-9-16(21)12-15)14-17(22)24-20(4)10-6-7-11-20;1-7-18(5,6)16(20)21-14-10-11-8-12(14)9-13(11)15(19)22-17(2,3)4/h14-17,19-20H,7-13H2,1-6H3;15-18H,7-14H2,1-6H3;15-16H,5-14H2,1-4H3;11-14H,7-10H2,1-6H3. The topological polar surface area (TPSA) is 210 Å². The molecule has 0 saturated heterocycles. The molecule has 0 aromatic rings. The molecule has 0 N–H and O–H groups in total. The summed E-state index contributed by atoms with van der Waals surface area (Å²) in [5, 5.41) is 0. The minimum atomic E-state index is -0.651. The van der Waals surface area contributed by atoms with Crippen LogP contribution in [-0.4, -0.2) is 93.6 Å². The van der Waals surface area contributed by atoms with Gasteiger partial charge in [0.25, 0.3) is 0 Å². The van der Waals surface area contributed by atoms with E-state index in [1.165, 1.54) is 25.7 Å². The Kier molecular flexibility index (Phi) is 25.8. The van der Waals surface area contributed by atoms with Gasteiger partial charge in [0.15, 0.2) is 0 Å². The highest BCUT2D eigenvalue weighted by Gasteiger charge is 2.69. The Bertz CT molecular complexity index is 2920. The predicted octanol–water partition coefficient (Wildman–Crippen LogP) is 18.9. The van der Waals surface area contributed by atoms with Crippen LogP contribution in [0.1, 0.15) is 339 Å². The Morgan fingerprint density at radius 1 is 0.396 bits per heavy atom. The Hall–Kier alpha value is -4.24. The van der Waals surface area contributed by atoms with Crippen molar-refractivity contribution in [3.63, 3.8) is 0 Å². The third kappa shape index (κ3) is 19.9. The maximum atomic E-state index is 13.1. The van der Waals surface area contributed by atoms with Gasteiger partial charge in [-0.2, -0.15) is 0 Å². The van der Waals surface area contributed by atoms with Gasteiger partial charge in [0.1, 0.15) is 45.8 Å². The van der Waals surface area contributed by atoms with Crippen LogP contribution in [0.15, 0.2) is 0 Å². The molecule has 0 heterocycles. The number of esters is 8. The third-order valence-electron chi connectivity index (χ3n) is 27.6. The average Bonchev–Trinajstić information content (AvgIpc) is 1.53. The Labute approximate surface area is 610 Å². The molecule has 0 aromatic heterocycles. The van der Waals surface area contributed by atoms with Gasteiger partial charge in [-0.25, -0.2) is 0 Å². The van der Waals surface area contributed by atoms with Crippen LogP contribution >= 0.6 is 0 Å². The summed E-state index contributed by atoms with van der Waals surface area (Å²) in [6.07, 6.45) is 27.1. The SMILES string of the molecule is CCC(C)(C)C(=O)OC1(CC(=O)OC(C)(C)C)CC2CC1C1C3CCC(C3)C21.CCC(C)(C)C(=O)OC1(CC(=O)OC2(C)CCCC2)CC2CCC1C2.CCC(C)(C)C(=O)OC1CC2CC1CC2C(=O)OC(C)(C)C.CCC(C)(C)OC(=O)C1CCC2CC(OC(=O)C(C)(C)CC)CCC2C1. The van der Waals surface area contributed by atoms with Crippen molar-refractivity contribution in [3.05, 3.63) is 0 Å². The van der Waals surface area contributed by atoms with Crippen molar-refractivity contribution in [2.45, 2.75) is 384 Å². The lowest BCUT2D eigenvalue weighted by Crippen LogP contribution is -2.51.